The van der Waals surface area contributed by atoms with Crippen LogP contribution in [0.1, 0.15) is 112 Å². The van der Waals surface area contributed by atoms with Crippen molar-refractivity contribution in [2.75, 3.05) is 42.9 Å². The molecule has 5 aromatic rings. The lowest BCUT2D eigenvalue weighted by molar-refractivity contribution is -0.136. The van der Waals surface area contributed by atoms with E-state index in [1.54, 1.807) is 55.3 Å². The van der Waals surface area contributed by atoms with Gasteiger partial charge in [-0.25, -0.2) is 8.78 Å². The Labute approximate surface area is 374 Å². The molecule has 17 nitrogen and oxygen atoms in total. The smallest absolute Gasteiger partial charge is 0.280 e. The molecule has 2 saturated heterocycles. The zero-order valence-electron chi connectivity index (χ0n) is 36.8. The first-order valence-corrected chi connectivity index (χ1v) is 22.8. The minimum absolute atomic E-state index is 0.0173. The summed E-state index contributed by atoms with van der Waals surface area (Å²) in [7, 11) is 1.77. The summed E-state index contributed by atoms with van der Waals surface area (Å²) in [6, 6.07) is 7.94. The highest BCUT2D eigenvalue weighted by atomic mass is 19.3. The zero-order valence-corrected chi connectivity index (χ0v) is 36.8. The summed E-state index contributed by atoms with van der Waals surface area (Å²) in [5.41, 5.74) is 5.38. The Bertz CT molecular complexity index is 2700. The molecule has 0 radical (unpaired) electrons. The molecule has 2 N–H and O–H groups in total. The van der Waals surface area contributed by atoms with Crippen molar-refractivity contribution in [1.29, 1.82) is 0 Å². The predicted molar refractivity (Wildman–Crippen MR) is 238 cm³/mol. The molecule has 342 valence electrons. The molecule has 0 bridgehead atoms. The molecule has 1 unspecified atom stereocenters. The topological polar surface area (TPSA) is 185 Å². The molecule has 9 rings (SSSR count). The molecule has 65 heavy (non-hydrogen) atoms. The molecule has 2 fully saturated rings. The summed E-state index contributed by atoms with van der Waals surface area (Å²) >= 11 is 0. The number of rotatable bonds is 13. The Hall–Kier alpha value is -6.53. The fourth-order valence-corrected chi connectivity index (χ4v) is 9.94. The maximum absolute atomic E-state index is 14.7. The van der Waals surface area contributed by atoms with Gasteiger partial charge in [-0.15, -0.1) is 5.10 Å². The maximum Gasteiger partial charge on any atom is 0.280 e. The molecular weight excluding hydrogens is 839 g/mol. The van der Waals surface area contributed by atoms with Crippen molar-refractivity contribution in [1.82, 2.24) is 49.7 Å². The minimum Gasteiger partial charge on any atom is -0.384 e. The van der Waals surface area contributed by atoms with Crippen molar-refractivity contribution in [2.24, 2.45) is 7.05 Å². The summed E-state index contributed by atoms with van der Waals surface area (Å²) in [6.45, 7) is 4.99. The quantitative estimate of drug-likeness (QED) is 0.112. The number of hydrogen-bond acceptors (Lipinski definition) is 11. The van der Waals surface area contributed by atoms with Crippen molar-refractivity contribution in [3.05, 3.63) is 75.5 Å². The average Bonchev–Trinajstić information content (AvgIpc) is 3.91. The van der Waals surface area contributed by atoms with Gasteiger partial charge in [0.2, 0.25) is 17.7 Å². The monoisotopic (exact) mass is 892 g/mol. The van der Waals surface area contributed by atoms with Crippen LogP contribution < -0.4 is 21.1 Å². The van der Waals surface area contributed by atoms with Crippen molar-refractivity contribution in [3.63, 3.8) is 0 Å². The van der Waals surface area contributed by atoms with Gasteiger partial charge in [0.05, 0.1) is 24.2 Å². The number of halogens is 2. The number of fused-ring (bicyclic) bond motifs is 3. The molecule has 0 aliphatic carbocycles. The lowest BCUT2D eigenvalue weighted by atomic mass is 9.92. The van der Waals surface area contributed by atoms with E-state index in [1.165, 1.54) is 0 Å². The molecule has 0 saturated carbocycles. The first-order valence-electron chi connectivity index (χ1n) is 22.8. The van der Waals surface area contributed by atoms with Gasteiger partial charge >= 0.3 is 0 Å². The first kappa shape index (κ1) is 43.7. The zero-order chi connectivity index (χ0) is 45.4. The van der Waals surface area contributed by atoms with Crippen LogP contribution >= 0.6 is 0 Å². The van der Waals surface area contributed by atoms with Crippen molar-refractivity contribution in [3.8, 4) is 11.1 Å². The molecule has 4 amide bonds. The summed E-state index contributed by atoms with van der Waals surface area (Å²) in [5, 5.41) is 23.6. The third-order valence-electron chi connectivity index (χ3n) is 13.4. The Kier molecular flexibility index (Phi) is 12.5. The van der Waals surface area contributed by atoms with Gasteiger partial charge < -0.3 is 20.0 Å². The normalized spacial score (nSPS) is 18.0. The van der Waals surface area contributed by atoms with Gasteiger partial charge in [0.15, 0.2) is 5.82 Å². The molecule has 2 aromatic carbocycles. The van der Waals surface area contributed by atoms with Crippen LogP contribution in [0.15, 0.2) is 47.5 Å². The Morgan fingerprint density at radius 2 is 1.75 bits per heavy atom. The van der Waals surface area contributed by atoms with Gasteiger partial charge in [-0.1, -0.05) is 24.1 Å². The number of likely N-dealkylation sites (tertiary alicyclic amines) is 1. The number of nitrogens with zero attached hydrogens (tertiary/aromatic N) is 10. The average molecular weight is 893 g/mol. The van der Waals surface area contributed by atoms with Crippen LogP contribution in [0.4, 0.5) is 26.0 Å². The van der Waals surface area contributed by atoms with Crippen molar-refractivity contribution < 1.29 is 28.0 Å². The highest BCUT2D eigenvalue weighted by Gasteiger charge is 2.36. The van der Waals surface area contributed by atoms with Crippen LogP contribution in [-0.2, 0) is 45.6 Å². The fraction of sp³-hybridized carbons (Fsp3) is 0.500. The van der Waals surface area contributed by atoms with Crippen LogP contribution in [0.2, 0.25) is 0 Å². The Balaban J connectivity index is 0.804. The van der Waals surface area contributed by atoms with Gasteiger partial charge in [0, 0.05) is 106 Å². The van der Waals surface area contributed by atoms with Gasteiger partial charge in [-0.2, -0.15) is 14.9 Å². The van der Waals surface area contributed by atoms with E-state index in [-0.39, 0.29) is 42.2 Å². The predicted octanol–water partition coefficient (Wildman–Crippen LogP) is 5.52. The fourth-order valence-electron chi connectivity index (χ4n) is 9.94. The summed E-state index contributed by atoms with van der Waals surface area (Å²) in [5.74, 6) is -0.104. The number of piperidine rings is 2. The number of anilines is 3. The molecular formula is C46H54F2N12O5. The number of amides is 4. The number of carbonyl (C=O) groups is 4. The second-order valence-corrected chi connectivity index (χ2v) is 17.6. The number of benzene rings is 2. The van der Waals surface area contributed by atoms with Crippen LogP contribution in [0.3, 0.4) is 0 Å². The standard InChI is InChI=1S/C46H54F2N12O5/c1-28(61)57-22-17-37-34(27-57)44(58-19-8-9-29-23-32(30-25-50-55(2)26-30)33(43(47)48)24-39(29)58)53-59(37)31-15-20-56(21-16-31)41(63)12-5-3-4-6-18-49-35-10-7-11-36-42(35)46(65)60(54-52-36)38-13-14-40(62)51-45(38)64/h7,10-11,23-26,31,38,43,49H,3-6,8-9,12-22,27H2,1-2H3,(H,51,62,64). The van der Waals surface area contributed by atoms with Crippen LogP contribution in [0.25, 0.3) is 22.0 Å². The molecule has 7 heterocycles. The second-order valence-electron chi connectivity index (χ2n) is 17.6. The van der Waals surface area contributed by atoms with Gasteiger partial charge in [0.1, 0.15) is 11.6 Å². The summed E-state index contributed by atoms with van der Waals surface area (Å²) in [4.78, 5) is 69.4. The molecule has 1 atom stereocenters. The number of aryl methyl sites for hydroxylation is 2. The third kappa shape index (κ3) is 8.84. The summed E-state index contributed by atoms with van der Waals surface area (Å²) in [6.07, 6.45) is 8.46. The minimum atomic E-state index is -2.69. The molecule has 4 aliphatic heterocycles. The number of imide groups is 1. The van der Waals surface area contributed by atoms with E-state index < -0.39 is 23.9 Å². The van der Waals surface area contributed by atoms with E-state index in [1.807, 2.05) is 15.9 Å². The van der Waals surface area contributed by atoms with E-state index >= 15 is 0 Å². The SMILES string of the molecule is CC(=O)N1CCc2c(c(N3CCCc4cc(-c5cnn(C)c5)c(C(F)F)cc43)nn2C2CCN(C(=O)CCCCCCNc3cccc4nnn(C5CCC(=O)NC5=O)c(=O)c34)CC2)C1. The highest BCUT2D eigenvalue weighted by Crippen LogP contribution is 2.44. The van der Waals surface area contributed by atoms with E-state index in [9.17, 15) is 32.8 Å². The molecule has 3 aromatic heterocycles. The van der Waals surface area contributed by atoms with Gasteiger partial charge in [-0.05, 0) is 80.3 Å². The van der Waals surface area contributed by atoms with Crippen LogP contribution in [0.5, 0.6) is 0 Å². The van der Waals surface area contributed by atoms with Gasteiger partial charge in [-0.3, -0.25) is 38.7 Å². The number of nitrogens with one attached hydrogen (secondary N) is 2. The lowest BCUT2D eigenvalue weighted by Crippen LogP contribution is -2.45. The number of hydrogen-bond donors (Lipinski definition) is 2. The van der Waals surface area contributed by atoms with Crippen molar-refractivity contribution in [2.45, 2.75) is 109 Å². The highest BCUT2D eigenvalue weighted by molar-refractivity contribution is 5.99. The van der Waals surface area contributed by atoms with Gasteiger partial charge in [0.25, 0.3) is 17.9 Å². The lowest BCUT2D eigenvalue weighted by Gasteiger charge is -2.34. The van der Waals surface area contributed by atoms with Crippen LogP contribution in [0, 0.1) is 0 Å². The van der Waals surface area contributed by atoms with E-state index in [0.717, 1.165) is 84.4 Å². The Morgan fingerprint density at radius 3 is 2.51 bits per heavy atom. The largest absolute Gasteiger partial charge is 0.384 e. The number of alkyl halides is 2. The maximum atomic E-state index is 14.7. The molecule has 0 spiro atoms. The number of aromatic nitrogens is 7. The van der Waals surface area contributed by atoms with E-state index in [0.29, 0.717) is 79.8 Å². The second kappa shape index (κ2) is 18.5. The third-order valence-corrected chi connectivity index (χ3v) is 13.4. The molecule has 19 heteroatoms. The van der Waals surface area contributed by atoms with E-state index in [2.05, 4.69) is 35.6 Å². The molecule has 4 aliphatic rings. The number of unbranched alkanes of at least 4 members (excludes halogenated alkanes) is 3. The number of carbonyl (C=O) groups excluding carboxylic acids is 4. The van der Waals surface area contributed by atoms with Crippen molar-refractivity contribution >= 4 is 51.7 Å². The van der Waals surface area contributed by atoms with Crippen LogP contribution in [-0.4, -0.2) is 101 Å². The first-order chi connectivity index (χ1) is 31.4. The Morgan fingerprint density at radius 1 is 0.938 bits per heavy atom. The summed E-state index contributed by atoms with van der Waals surface area (Å²) < 4.78 is 34.2. The van der Waals surface area contributed by atoms with E-state index in [4.69, 9.17) is 5.10 Å².